The lowest BCUT2D eigenvalue weighted by Crippen LogP contribution is -2.54. The third kappa shape index (κ3) is 4.37. The third-order valence-corrected chi connectivity index (χ3v) is 5.01. The number of piperidine rings is 1. The number of carboxylic acid groups (broad SMARTS) is 1. The number of fused-ring (bicyclic) bond motifs is 1. The van der Waals surface area contributed by atoms with Crippen LogP contribution in [0.4, 0.5) is 4.79 Å². The molecular formula is C17H29NO4. The first-order valence-electron chi connectivity index (χ1n) is 8.44. The van der Waals surface area contributed by atoms with Gasteiger partial charge in [0.2, 0.25) is 0 Å². The van der Waals surface area contributed by atoms with E-state index in [1.54, 1.807) is 0 Å². The van der Waals surface area contributed by atoms with Crippen molar-refractivity contribution in [2.75, 3.05) is 13.2 Å². The van der Waals surface area contributed by atoms with Gasteiger partial charge in [-0.15, -0.1) is 0 Å². The summed E-state index contributed by atoms with van der Waals surface area (Å²) in [6.07, 6.45) is 4.98. The summed E-state index contributed by atoms with van der Waals surface area (Å²) in [5.74, 6) is 0.531. The van der Waals surface area contributed by atoms with Crippen LogP contribution in [-0.2, 0) is 9.53 Å². The van der Waals surface area contributed by atoms with Crippen LogP contribution in [-0.4, -0.2) is 41.3 Å². The zero-order valence-corrected chi connectivity index (χ0v) is 14.0. The Morgan fingerprint density at radius 1 is 1.18 bits per heavy atom. The first kappa shape index (κ1) is 17.1. The molecule has 0 bridgehead atoms. The van der Waals surface area contributed by atoms with Crippen molar-refractivity contribution in [1.82, 2.24) is 4.90 Å². The fraction of sp³-hybridized carbons (Fsp3) is 0.882. The van der Waals surface area contributed by atoms with E-state index in [4.69, 9.17) is 4.74 Å². The van der Waals surface area contributed by atoms with E-state index in [1.165, 1.54) is 17.7 Å². The molecule has 1 saturated heterocycles. The smallest absolute Gasteiger partial charge is 0.408 e. The van der Waals surface area contributed by atoms with Crippen molar-refractivity contribution in [2.24, 2.45) is 17.3 Å². The second-order valence-corrected chi connectivity index (χ2v) is 7.97. The van der Waals surface area contributed by atoms with Crippen LogP contribution < -0.4 is 0 Å². The summed E-state index contributed by atoms with van der Waals surface area (Å²) in [4.78, 5) is 25.2. The summed E-state index contributed by atoms with van der Waals surface area (Å²) in [6.45, 7) is 7.13. The highest BCUT2D eigenvalue weighted by Gasteiger charge is 2.42. The molecule has 126 valence electrons. The minimum absolute atomic E-state index is 0.105. The van der Waals surface area contributed by atoms with Gasteiger partial charge in [0.25, 0.3) is 0 Å². The van der Waals surface area contributed by atoms with Crippen LogP contribution in [0.5, 0.6) is 0 Å². The molecule has 0 aromatic rings. The van der Waals surface area contributed by atoms with Crippen molar-refractivity contribution in [1.29, 1.82) is 0 Å². The molecule has 0 aromatic heterocycles. The fourth-order valence-corrected chi connectivity index (χ4v) is 3.62. The molecule has 0 radical (unpaired) electrons. The lowest BCUT2D eigenvalue weighted by atomic mass is 9.73. The molecule has 3 atom stereocenters. The average Bonchev–Trinajstić information content (AvgIpc) is 2.44. The summed E-state index contributed by atoms with van der Waals surface area (Å²) in [5.41, 5.74) is 0.105. The Kier molecular flexibility index (Phi) is 5.35. The van der Waals surface area contributed by atoms with Gasteiger partial charge in [-0.1, -0.05) is 40.0 Å². The first-order chi connectivity index (χ1) is 10.3. The molecule has 1 aliphatic carbocycles. The van der Waals surface area contributed by atoms with Crippen LogP contribution in [0.15, 0.2) is 0 Å². The van der Waals surface area contributed by atoms with Gasteiger partial charge in [-0.25, -0.2) is 9.59 Å². The van der Waals surface area contributed by atoms with Gasteiger partial charge in [0.05, 0.1) is 6.61 Å². The molecule has 1 N–H and O–H groups in total. The molecule has 1 saturated carbocycles. The van der Waals surface area contributed by atoms with Gasteiger partial charge in [0, 0.05) is 6.54 Å². The van der Waals surface area contributed by atoms with Crippen LogP contribution in [0, 0.1) is 17.3 Å². The fourth-order valence-electron chi connectivity index (χ4n) is 3.62. The number of nitrogens with zero attached hydrogens (tertiary/aromatic N) is 1. The lowest BCUT2D eigenvalue weighted by Gasteiger charge is -2.43. The number of hydrogen-bond acceptors (Lipinski definition) is 3. The van der Waals surface area contributed by atoms with Gasteiger partial charge < -0.3 is 9.84 Å². The van der Waals surface area contributed by atoms with E-state index < -0.39 is 12.1 Å². The zero-order valence-electron chi connectivity index (χ0n) is 14.0. The number of rotatable bonds is 3. The average molecular weight is 311 g/mol. The molecule has 2 rings (SSSR count). The van der Waals surface area contributed by atoms with Crippen molar-refractivity contribution < 1.29 is 19.4 Å². The summed E-state index contributed by atoms with van der Waals surface area (Å²) >= 11 is 0. The van der Waals surface area contributed by atoms with Crippen LogP contribution in [0.2, 0.25) is 0 Å². The van der Waals surface area contributed by atoms with Gasteiger partial charge in [-0.2, -0.15) is 0 Å². The zero-order chi connectivity index (χ0) is 16.3. The Bertz CT molecular complexity index is 415. The minimum Gasteiger partial charge on any atom is -0.465 e. The quantitative estimate of drug-likeness (QED) is 0.810. The van der Waals surface area contributed by atoms with Crippen molar-refractivity contribution in [2.45, 2.75) is 65.3 Å². The molecule has 1 amide bonds. The largest absolute Gasteiger partial charge is 0.465 e. The van der Waals surface area contributed by atoms with Crippen molar-refractivity contribution in [3.05, 3.63) is 0 Å². The minimum atomic E-state index is -0.998. The normalized spacial score (nSPS) is 28.9. The maximum absolute atomic E-state index is 12.3. The van der Waals surface area contributed by atoms with Crippen molar-refractivity contribution in [3.8, 4) is 0 Å². The molecule has 2 aliphatic rings. The predicted octanol–water partition coefficient (Wildman–Crippen LogP) is 3.52. The molecular weight excluding hydrogens is 282 g/mol. The van der Waals surface area contributed by atoms with Gasteiger partial charge in [0.1, 0.15) is 6.04 Å². The highest BCUT2D eigenvalue weighted by molar-refractivity contribution is 5.81. The van der Waals surface area contributed by atoms with Crippen molar-refractivity contribution in [3.63, 3.8) is 0 Å². The van der Waals surface area contributed by atoms with E-state index in [0.29, 0.717) is 31.4 Å². The van der Waals surface area contributed by atoms with Crippen molar-refractivity contribution >= 4 is 12.1 Å². The predicted molar refractivity (Wildman–Crippen MR) is 83.6 cm³/mol. The monoisotopic (exact) mass is 311 g/mol. The molecule has 3 unspecified atom stereocenters. The van der Waals surface area contributed by atoms with E-state index in [2.05, 4.69) is 20.8 Å². The van der Waals surface area contributed by atoms with Gasteiger partial charge in [-0.3, -0.25) is 4.90 Å². The number of ether oxygens (including phenoxy) is 1. The molecule has 0 spiro atoms. The number of likely N-dealkylation sites (tertiary alicyclic amines) is 1. The Balaban J connectivity index is 1.96. The molecule has 1 aliphatic heterocycles. The van der Waals surface area contributed by atoms with Crippen LogP contribution in [0.1, 0.15) is 59.3 Å². The third-order valence-electron chi connectivity index (χ3n) is 5.01. The molecule has 1 heterocycles. The number of hydrogen-bond donors (Lipinski definition) is 1. The van der Waals surface area contributed by atoms with E-state index in [1.807, 2.05) is 0 Å². The molecule has 5 heteroatoms. The van der Waals surface area contributed by atoms with Crippen LogP contribution in [0.25, 0.3) is 0 Å². The van der Waals surface area contributed by atoms with E-state index in [0.717, 1.165) is 19.3 Å². The SMILES string of the molecule is CC(C)(C)CCOC(=O)C1CC2CCCCC2CN1C(=O)O. The Labute approximate surface area is 133 Å². The number of carbonyl (C=O) groups is 2. The van der Waals surface area contributed by atoms with Gasteiger partial charge in [-0.05, 0) is 36.5 Å². The maximum atomic E-state index is 12.3. The van der Waals surface area contributed by atoms with Gasteiger partial charge in [0.15, 0.2) is 0 Å². The number of amides is 1. The maximum Gasteiger partial charge on any atom is 0.408 e. The Hall–Kier alpha value is -1.26. The van der Waals surface area contributed by atoms with E-state index in [-0.39, 0.29) is 11.4 Å². The second-order valence-electron chi connectivity index (χ2n) is 7.97. The van der Waals surface area contributed by atoms with Gasteiger partial charge >= 0.3 is 12.1 Å². The van der Waals surface area contributed by atoms with E-state index in [9.17, 15) is 14.7 Å². The molecule has 0 aromatic carbocycles. The number of esters is 1. The highest BCUT2D eigenvalue weighted by Crippen LogP contribution is 2.38. The molecule has 5 nitrogen and oxygen atoms in total. The van der Waals surface area contributed by atoms with Crippen LogP contribution >= 0.6 is 0 Å². The summed E-state index contributed by atoms with van der Waals surface area (Å²) in [7, 11) is 0. The Morgan fingerprint density at radius 2 is 1.82 bits per heavy atom. The molecule has 2 fully saturated rings. The van der Waals surface area contributed by atoms with Crippen LogP contribution in [0.3, 0.4) is 0 Å². The Morgan fingerprint density at radius 3 is 2.41 bits per heavy atom. The standard InChI is InChI=1S/C17H29NO4/c1-17(2,3)8-9-22-15(19)14-10-12-6-4-5-7-13(12)11-18(14)16(20)21/h12-14H,4-11H2,1-3H3,(H,20,21). The molecule has 22 heavy (non-hydrogen) atoms. The number of carbonyl (C=O) groups excluding carboxylic acids is 1. The summed E-state index contributed by atoms with van der Waals surface area (Å²) < 4.78 is 5.37. The van der Waals surface area contributed by atoms with E-state index >= 15 is 0 Å². The summed E-state index contributed by atoms with van der Waals surface area (Å²) in [6, 6.07) is -0.614. The topological polar surface area (TPSA) is 66.8 Å². The lowest BCUT2D eigenvalue weighted by molar-refractivity contribution is -0.153. The summed E-state index contributed by atoms with van der Waals surface area (Å²) in [5, 5.41) is 9.42. The first-order valence-corrected chi connectivity index (χ1v) is 8.44. The highest BCUT2D eigenvalue weighted by atomic mass is 16.5. The second kappa shape index (κ2) is 6.88.